The quantitative estimate of drug-likeness (QED) is 0.389. The van der Waals surface area contributed by atoms with Crippen molar-refractivity contribution in [3.8, 4) is 0 Å². The van der Waals surface area contributed by atoms with Crippen LogP contribution in [-0.4, -0.2) is 18.6 Å². The van der Waals surface area contributed by atoms with Gasteiger partial charge in [0.1, 0.15) is 0 Å². The summed E-state index contributed by atoms with van der Waals surface area (Å²) in [7, 11) is 1.79. The van der Waals surface area contributed by atoms with Crippen molar-refractivity contribution in [1.29, 1.82) is 0 Å². The van der Waals surface area contributed by atoms with Crippen molar-refractivity contribution in [1.82, 2.24) is 3.72 Å². The maximum Gasteiger partial charge on any atom is 0.290 e. The van der Waals surface area contributed by atoms with Gasteiger partial charge in [0.15, 0.2) is 0 Å². The van der Waals surface area contributed by atoms with E-state index in [4.69, 9.17) is 9.90 Å². The minimum atomic E-state index is -0.250. The SMILES string of the molecule is C[NH][Ag].O=CO. The number of carbonyl (C=O) groups is 1. The van der Waals surface area contributed by atoms with E-state index in [0.717, 1.165) is 0 Å². The van der Waals surface area contributed by atoms with Crippen LogP contribution in [0.4, 0.5) is 0 Å². The Morgan fingerprint density at radius 1 is 2.00 bits per heavy atom. The molecule has 6 heavy (non-hydrogen) atoms. The van der Waals surface area contributed by atoms with Crippen LogP contribution in [0.5, 0.6) is 0 Å². The predicted molar refractivity (Wildman–Crippen MR) is 17.8 cm³/mol. The summed E-state index contributed by atoms with van der Waals surface area (Å²) in [6, 6.07) is 0. The van der Waals surface area contributed by atoms with Crippen molar-refractivity contribution >= 4 is 6.47 Å². The van der Waals surface area contributed by atoms with Gasteiger partial charge in [0.2, 0.25) is 0 Å². The third kappa shape index (κ3) is 1450. The zero-order chi connectivity index (χ0) is 5.41. The Hall–Kier alpha value is 0.170. The molecule has 0 heterocycles. The molecule has 0 fully saturated rings. The molecule has 0 spiro atoms. The summed E-state index contributed by atoms with van der Waals surface area (Å²) in [4.78, 5) is 8.36. The van der Waals surface area contributed by atoms with E-state index >= 15 is 0 Å². The summed E-state index contributed by atoms with van der Waals surface area (Å²) < 4.78 is 2.56. The number of carboxylic acid groups (broad SMARTS) is 1. The van der Waals surface area contributed by atoms with E-state index in [2.05, 4.69) is 25.0 Å². The molecule has 2 N–H and O–H groups in total. The van der Waals surface area contributed by atoms with Gasteiger partial charge in [0.05, 0.1) is 0 Å². The Bertz CT molecular complexity index is 25.5. The van der Waals surface area contributed by atoms with Crippen LogP contribution in [-0.2, 0) is 26.1 Å². The molecular formula is C2H6AgNO2. The average molecular weight is 184 g/mol. The smallest absolute Gasteiger partial charge is 0.290 e. The van der Waals surface area contributed by atoms with Crippen molar-refractivity contribution in [3.63, 3.8) is 0 Å². The largest absolute Gasteiger partial charge is 0.483 e. The summed E-state index contributed by atoms with van der Waals surface area (Å²) >= 11 is 2.91. The van der Waals surface area contributed by atoms with Crippen molar-refractivity contribution in [2.75, 3.05) is 7.05 Å². The van der Waals surface area contributed by atoms with Crippen LogP contribution in [0.3, 0.4) is 0 Å². The summed E-state index contributed by atoms with van der Waals surface area (Å²) in [5.41, 5.74) is 0. The molecule has 42 valence electrons. The first-order valence-electron chi connectivity index (χ1n) is 1.14. The minimum Gasteiger partial charge on any atom is -0.483 e. The van der Waals surface area contributed by atoms with Crippen molar-refractivity contribution in [3.05, 3.63) is 0 Å². The summed E-state index contributed by atoms with van der Waals surface area (Å²) in [5.74, 6) is 0. The van der Waals surface area contributed by atoms with Crippen molar-refractivity contribution < 1.29 is 31.2 Å². The summed E-state index contributed by atoms with van der Waals surface area (Å²) in [6.07, 6.45) is 0. The zero-order valence-electron chi connectivity index (χ0n) is 3.23. The molecule has 0 saturated carbocycles. The van der Waals surface area contributed by atoms with Crippen LogP contribution < -0.4 is 3.72 Å². The molecule has 0 atom stereocenters. The second-order valence-electron chi connectivity index (χ2n) is 0.256. The first kappa shape index (κ1) is 9.48. The van der Waals surface area contributed by atoms with Crippen molar-refractivity contribution in [2.45, 2.75) is 0 Å². The summed E-state index contributed by atoms with van der Waals surface area (Å²) in [5, 5.41) is 6.89. The molecule has 0 amide bonds. The zero-order valence-corrected chi connectivity index (χ0v) is 4.72. The molecule has 3 nitrogen and oxygen atoms in total. The number of nitrogens with one attached hydrogen (secondary N) is 1. The van der Waals surface area contributed by atoms with Crippen LogP contribution in [0.2, 0.25) is 0 Å². The fourth-order valence-electron chi connectivity index (χ4n) is 0. The molecule has 4 heteroatoms. The molecule has 0 aromatic heterocycles. The van der Waals surface area contributed by atoms with E-state index in [1.807, 2.05) is 0 Å². The fraction of sp³-hybridized carbons (Fsp3) is 0.500. The molecular weight excluding hydrogens is 178 g/mol. The molecule has 0 saturated heterocycles. The molecule has 0 aromatic carbocycles. The average Bonchev–Trinajstić information content (AvgIpc) is 1.39. The van der Waals surface area contributed by atoms with Gasteiger partial charge >= 0.3 is 32.1 Å². The second kappa shape index (κ2) is 19.1. The van der Waals surface area contributed by atoms with Crippen LogP contribution in [0, 0.1) is 0 Å². The van der Waals surface area contributed by atoms with E-state index in [0.29, 0.717) is 0 Å². The first-order valence-corrected chi connectivity index (χ1v) is 1.89. The van der Waals surface area contributed by atoms with E-state index < -0.39 is 0 Å². The normalized spacial score (nSPS) is 5.17. The van der Waals surface area contributed by atoms with Gasteiger partial charge in [-0.25, -0.2) is 0 Å². The molecule has 0 unspecified atom stereocenters. The third-order valence-electron chi connectivity index (χ3n) is 0. The molecule has 0 aliphatic rings. The van der Waals surface area contributed by atoms with E-state index in [1.165, 1.54) is 0 Å². The van der Waals surface area contributed by atoms with Gasteiger partial charge in [-0.05, 0) is 0 Å². The van der Waals surface area contributed by atoms with E-state index in [1.54, 1.807) is 7.05 Å². The Balaban J connectivity index is 0. The molecule has 0 aliphatic carbocycles. The molecule has 0 radical (unpaired) electrons. The second-order valence-corrected chi connectivity index (χ2v) is 0.997. The van der Waals surface area contributed by atoms with Crippen LogP contribution in [0.25, 0.3) is 0 Å². The van der Waals surface area contributed by atoms with Gasteiger partial charge in [0.25, 0.3) is 6.47 Å². The standard InChI is InChI=1S/CH4N.CH2O2.Ag/c1-2;2-1-3;/h2H,1H3;1H,(H,2,3);/q-1;;+1. The van der Waals surface area contributed by atoms with Gasteiger partial charge in [-0.15, -0.1) is 0 Å². The topological polar surface area (TPSA) is 49.3 Å². The maximum atomic E-state index is 8.36. The van der Waals surface area contributed by atoms with Gasteiger partial charge < -0.3 is 5.11 Å². The van der Waals surface area contributed by atoms with Crippen LogP contribution in [0.1, 0.15) is 0 Å². The Morgan fingerprint density at radius 2 is 2.00 bits per heavy atom. The molecule has 0 aliphatic heterocycles. The van der Waals surface area contributed by atoms with Gasteiger partial charge in [-0.2, -0.15) is 0 Å². The van der Waals surface area contributed by atoms with Crippen LogP contribution in [0.15, 0.2) is 0 Å². The monoisotopic (exact) mass is 183 g/mol. The van der Waals surface area contributed by atoms with E-state index in [9.17, 15) is 0 Å². The predicted octanol–water partition coefficient (Wildman–Crippen LogP) is -0.632. The molecule has 0 rings (SSSR count). The summed E-state index contributed by atoms with van der Waals surface area (Å²) in [6.45, 7) is -0.250. The Labute approximate surface area is 49.0 Å². The van der Waals surface area contributed by atoms with Gasteiger partial charge in [-0.1, -0.05) is 0 Å². The molecule has 0 bridgehead atoms. The molecule has 0 aromatic rings. The number of hydrogen-bond acceptors (Lipinski definition) is 2. The van der Waals surface area contributed by atoms with Crippen LogP contribution >= 0.6 is 0 Å². The van der Waals surface area contributed by atoms with E-state index in [-0.39, 0.29) is 6.47 Å². The number of hydrogen-bond donors (Lipinski definition) is 2. The van der Waals surface area contributed by atoms with Gasteiger partial charge in [-0.3, -0.25) is 4.79 Å². The Kier molecular flexibility index (Phi) is 30.2. The third-order valence-corrected chi connectivity index (χ3v) is 0. The fourth-order valence-corrected chi connectivity index (χ4v) is 0. The maximum absolute atomic E-state index is 8.36. The first-order chi connectivity index (χ1) is 2.83. The van der Waals surface area contributed by atoms with Crippen molar-refractivity contribution in [2.24, 2.45) is 0 Å². The van der Waals surface area contributed by atoms with Gasteiger partial charge in [0, 0.05) is 0 Å². The number of rotatable bonds is 0. The Morgan fingerprint density at radius 3 is 2.00 bits per heavy atom. The minimum absolute atomic E-state index is 0.250.